The Hall–Kier alpha value is -1.13. The summed E-state index contributed by atoms with van der Waals surface area (Å²) in [6.45, 7) is 0. The summed E-state index contributed by atoms with van der Waals surface area (Å²) < 4.78 is 20.5. The highest BCUT2D eigenvalue weighted by molar-refractivity contribution is 14.1. The summed E-state index contributed by atoms with van der Waals surface area (Å²) in [5, 5.41) is 9.15. The molecule has 0 unspecified atom stereocenters. The Morgan fingerprint density at radius 2 is 1.62 bits per heavy atom. The molecule has 0 aliphatic rings. The van der Waals surface area contributed by atoms with Crippen molar-refractivity contribution >= 4 is 56.8 Å². The number of benzene rings is 2. The van der Waals surface area contributed by atoms with Gasteiger partial charge in [-0.05, 0) is 75.5 Å². The lowest BCUT2D eigenvalue weighted by atomic mass is 10.3. The van der Waals surface area contributed by atoms with E-state index in [1.807, 2.05) is 30.3 Å². The summed E-state index contributed by atoms with van der Waals surface area (Å²) in [6.07, 6.45) is 1.34. The van der Waals surface area contributed by atoms with E-state index >= 15 is 0 Å². The zero-order valence-corrected chi connectivity index (χ0v) is 17.2. The first-order valence-electron chi connectivity index (χ1n) is 6.64. The molecule has 0 spiro atoms. The SMILES string of the molecule is Fc1cc(Cl)cnc1Oc1ccccc1I.Oc1ccccc1I. The highest BCUT2D eigenvalue weighted by atomic mass is 127. The average Bonchev–Trinajstić information content (AvgIpc) is 2.55. The Kier molecular flexibility index (Phi) is 7.50. The summed E-state index contributed by atoms with van der Waals surface area (Å²) in [5.74, 6) is 0.269. The van der Waals surface area contributed by atoms with E-state index in [1.165, 1.54) is 12.3 Å². The molecule has 0 aliphatic carbocycles. The zero-order valence-electron chi connectivity index (χ0n) is 12.1. The van der Waals surface area contributed by atoms with Gasteiger partial charge in [0.2, 0.25) is 0 Å². The van der Waals surface area contributed by atoms with Crippen LogP contribution >= 0.6 is 56.8 Å². The number of phenols is 1. The van der Waals surface area contributed by atoms with Crippen LogP contribution in [0.3, 0.4) is 0 Å². The van der Waals surface area contributed by atoms with Crippen LogP contribution in [0.1, 0.15) is 0 Å². The fourth-order valence-electron chi connectivity index (χ4n) is 1.56. The molecule has 0 saturated carbocycles. The molecular formula is C17H11ClFI2NO2. The highest BCUT2D eigenvalue weighted by Crippen LogP contribution is 2.27. The largest absolute Gasteiger partial charge is 0.507 e. The van der Waals surface area contributed by atoms with Gasteiger partial charge in [-0.1, -0.05) is 35.9 Å². The molecule has 2 aromatic carbocycles. The maximum absolute atomic E-state index is 13.4. The lowest BCUT2D eigenvalue weighted by Gasteiger charge is -2.07. The number of para-hydroxylation sites is 2. The third kappa shape index (κ3) is 5.75. The van der Waals surface area contributed by atoms with Gasteiger partial charge in [-0.15, -0.1) is 0 Å². The van der Waals surface area contributed by atoms with Crippen LogP contribution in [0.15, 0.2) is 60.8 Å². The molecule has 3 nitrogen and oxygen atoms in total. The zero-order chi connectivity index (χ0) is 17.5. The number of aromatic nitrogens is 1. The predicted octanol–water partition coefficient (Wildman–Crippen LogP) is 6.27. The van der Waals surface area contributed by atoms with E-state index in [1.54, 1.807) is 18.2 Å². The average molecular weight is 570 g/mol. The van der Waals surface area contributed by atoms with Crippen molar-refractivity contribution in [2.75, 3.05) is 0 Å². The van der Waals surface area contributed by atoms with Crippen LogP contribution in [0.25, 0.3) is 0 Å². The number of pyridine rings is 1. The van der Waals surface area contributed by atoms with E-state index in [0.29, 0.717) is 11.5 Å². The van der Waals surface area contributed by atoms with Gasteiger partial charge in [0.05, 0.1) is 12.2 Å². The van der Waals surface area contributed by atoms with Gasteiger partial charge in [0, 0.05) is 6.20 Å². The smallest absolute Gasteiger partial charge is 0.256 e. The maximum Gasteiger partial charge on any atom is 0.256 e. The van der Waals surface area contributed by atoms with Crippen LogP contribution in [0.2, 0.25) is 5.02 Å². The van der Waals surface area contributed by atoms with Crippen molar-refractivity contribution < 1.29 is 14.2 Å². The Morgan fingerprint density at radius 1 is 1.00 bits per heavy atom. The molecule has 24 heavy (non-hydrogen) atoms. The number of hydrogen-bond acceptors (Lipinski definition) is 3. The monoisotopic (exact) mass is 569 g/mol. The predicted molar refractivity (Wildman–Crippen MR) is 109 cm³/mol. The van der Waals surface area contributed by atoms with E-state index in [4.69, 9.17) is 21.4 Å². The van der Waals surface area contributed by atoms with Crippen molar-refractivity contribution in [3.63, 3.8) is 0 Å². The molecule has 124 valence electrons. The molecule has 1 aromatic heterocycles. The van der Waals surface area contributed by atoms with Crippen LogP contribution in [-0.2, 0) is 0 Å². The highest BCUT2D eigenvalue weighted by Gasteiger charge is 2.08. The Bertz CT molecular complexity index is 812. The van der Waals surface area contributed by atoms with Crippen molar-refractivity contribution in [2.24, 2.45) is 0 Å². The second-order valence-corrected chi connectivity index (χ2v) is 7.19. The number of aromatic hydroxyl groups is 1. The molecule has 0 fully saturated rings. The van der Waals surface area contributed by atoms with Gasteiger partial charge in [-0.25, -0.2) is 9.37 Å². The lowest BCUT2D eigenvalue weighted by Crippen LogP contribution is -1.93. The minimum atomic E-state index is -0.577. The van der Waals surface area contributed by atoms with Crippen LogP contribution in [0.4, 0.5) is 4.39 Å². The molecule has 0 saturated heterocycles. The van der Waals surface area contributed by atoms with Gasteiger partial charge in [0.15, 0.2) is 5.82 Å². The van der Waals surface area contributed by atoms with Crippen molar-refractivity contribution in [1.29, 1.82) is 0 Å². The number of rotatable bonds is 2. The second-order valence-electron chi connectivity index (χ2n) is 4.42. The summed E-state index contributed by atoms with van der Waals surface area (Å²) in [5.41, 5.74) is 0. The van der Waals surface area contributed by atoms with Crippen LogP contribution < -0.4 is 4.74 Å². The Morgan fingerprint density at radius 3 is 2.17 bits per heavy atom. The van der Waals surface area contributed by atoms with Crippen molar-refractivity contribution in [3.8, 4) is 17.4 Å². The molecule has 0 amide bonds. The van der Waals surface area contributed by atoms with E-state index in [0.717, 1.165) is 7.14 Å². The minimum absolute atomic E-state index is 0.0754. The van der Waals surface area contributed by atoms with E-state index in [-0.39, 0.29) is 10.9 Å². The number of ether oxygens (including phenoxy) is 1. The fraction of sp³-hybridized carbons (Fsp3) is 0. The number of nitrogens with zero attached hydrogens (tertiary/aromatic N) is 1. The topological polar surface area (TPSA) is 42.4 Å². The van der Waals surface area contributed by atoms with Gasteiger partial charge in [-0.2, -0.15) is 0 Å². The van der Waals surface area contributed by atoms with Crippen LogP contribution in [-0.4, -0.2) is 10.1 Å². The first kappa shape index (κ1) is 19.2. The molecule has 0 bridgehead atoms. The van der Waals surface area contributed by atoms with E-state index in [9.17, 15) is 4.39 Å². The van der Waals surface area contributed by atoms with Crippen molar-refractivity contribution in [2.45, 2.75) is 0 Å². The molecule has 1 heterocycles. The lowest BCUT2D eigenvalue weighted by molar-refractivity contribution is 0.420. The summed E-state index contributed by atoms with van der Waals surface area (Å²) >= 11 is 9.77. The van der Waals surface area contributed by atoms with Gasteiger partial charge < -0.3 is 9.84 Å². The molecule has 3 rings (SSSR count). The summed E-state index contributed by atoms with van der Waals surface area (Å²) in [6, 6.07) is 15.7. The molecule has 0 radical (unpaired) electrons. The quantitative estimate of drug-likeness (QED) is 0.370. The third-order valence-corrected chi connectivity index (χ3v) is 4.68. The standard InChI is InChI=1S/C11H6ClFINO.C6H5IO/c12-7-5-8(13)11(15-6-7)16-10-4-2-1-3-9(10)14;7-5-3-1-2-4-6(5)8/h1-6H;1-4,8H. The van der Waals surface area contributed by atoms with Crippen LogP contribution in [0.5, 0.6) is 17.4 Å². The third-order valence-electron chi connectivity index (χ3n) is 2.67. The molecule has 0 atom stereocenters. The number of halogens is 4. The normalized spacial score (nSPS) is 9.83. The van der Waals surface area contributed by atoms with Gasteiger partial charge in [-0.3, -0.25) is 0 Å². The maximum atomic E-state index is 13.4. The first-order valence-corrected chi connectivity index (χ1v) is 9.18. The number of phenolic OH excluding ortho intramolecular Hbond substituents is 1. The van der Waals surface area contributed by atoms with Crippen molar-refractivity contribution in [1.82, 2.24) is 4.98 Å². The minimum Gasteiger partial charge on any atom is -0.507 e. The molecule has 1 N–H and O–H groups in total. The van der Waals surface area contributed by atoms with Gasteiger partial charge >= 0.3 is 0 Å². The Labute approximate surface area is 171 Å². The van der Waals surface area contributed by atoms with Crippen LogP contribution in [0, 0.1) is 13.0 Å². The summed E-state index contributed by atoms with van der Waals surface area (Å²) in [4.78, 5) is 3.78. The molecule has 7 heteroatoms. The Balaban J connectivity index is 0.000000219. The van der Waals surface area contributed by atoms with E-state index < -0.39 is 5.82 Å². The molecule has 3 aromatic rings. The van der Waals surface area contributed by atoms with E-state index in [2.05, 4.69) is 50.2 Å². The van der Waals surface area contributed by atoms with Gasteiger partial charge in [0.1, 0.15) is 11.5 Å². The molecular weight excluding hydrogens is 558 g/mol. The van der Waals surface area contributed by atoms with Crippen molar-refractivity contribution in [3.05, 3.63) is 78.8 Å². The number of hydrogen-bond donors (Lipinski definition) is 1. The second kappa shape index (κ2) is 9.38. The molecule has 0 aliphatic heterocycles. The summed E-state index contributed by atoms with van der Waals surface area (Å²) in [7, 11) is 0. The first-order chi connectivity index (χ1) is 11.5. The fourth-order valence-corrected chi connectivity index (χ4v) is 2.59. The van der Waals surface area contributed by atoms with Gasteiger partial charge in [0.25, 0.3) is 5.88 Å².